The summed E-state index contributed by atoms with van der Waals surface area (Å²) in [5.74, 6) is 2.52. The van der Waals surface area contributed by atoms with Crippen LogP contribution in [0.25, 0.3) is 0 Å². The van der Waals surface area contributed by atoms with Gasteiger partial charge in [-0.25, -0.2) is 0 Å². The summed E-state index contributed by atoms with van der Waals surface area (Å²) in [6.07, 6.45) is 1.29. The Balaban J connectivity index is 2.45. The molecule has 0 aromatic carbocycles. The molecule has 1 rings (SSSR count). The van der Waals surface area contributed by atoms with Gasteiger partial charge >= 0.3 is 0 Å². The van der Waals surface area contributed by atoms with Crippen molar-refractivity contribution < 1.29 is 0 Å². The Morgan fingerprint density at radius 3 is 1.75 bits per heavy atom. The zero-order valence-electron chi connectivity index (χ0n) is 4.46. The second kappa shape index (κ2) is 3.34. The monoisotopic (exact) mass is 184 g/mol. The fourth-order valence-electron chi connectivity index (χ4n) is 0.645. The SMILES string of the molecule is S=S1CCCS(=S)C1. The number of hydrogen-bond donors (Lipinski definition) is 0. The lowest BCUT2D eigenvalue weighted by atomic mass is 10.6. The van der Waals surface area contributed by atoms with Crippen LogP contribution in [0, 0.1) is 0 Å². The Morgan fingerprint density at radius 1 is 1.00 bits per heavy atom. The molecule has 1 saturated heterocycles. The van der Waals surface area contributed by atoms with Crippen molar-refractivity contribution in [3.05, 3.63) is 0 Å². The van der Waals surface area contributed by atoms with Crippen LogP contribution in [0.1, 0.15) is 6.42 Å². The third-order valence-corrected chi connectivity index (χ3v) is 7.33. The highest BCUT2D eigenvalue weighted by Crippen LogP contribution is 2.02. The fourth-order valence-corrected chi connectivity index (χ4v) is 7.22. The third-order valence-electron chi connectivity index (χ3n) is 1.01. The first-order valence-corrected chi connectivity index (χ1v) is 7.46. The van der Waals surface area contributed by atoms with E-state index >= 15 is 0 Å². The zero-order chi connectivity index (χ0) is 5.98. The van der Waals surface area contributed by atoms with Crippen LogP contribution in [-0.4, -0.2) is 16.6 Å². The van der Waals surface area contributed by atoms with Gasteiger partial charge in [0.1, 0.15) is 0 Å². The van der Waals surface area contributed by atoms with E-state index < -0.39 is 0 Å². The lowest BCUT2D eigenvalue weighted by molar-refractivity contribution is 1.11. The summed E-state index contributed by atoms with van der Waals surface area (Å²) in [6.45, 7) is 0. The third kappa shape index (κ3) is 2.17. The van der Waals surface area contributed by atoms with Gasteiger partial charge in [0.15, 0.2) is 0 Å². The van der Waals surface area contributed by atoms with E-state index in [1.807, 2.05) is 0 Å². The van der Waals surface area contributed by atoms with Crippen LogP contribution in [0.4, 0.5) is 0 Å². The summed E-state index contributed by atoms with van der Waals surface area (Å²) in [4.78, 5) is 0. The molecule has 1 fully saturated rings. The summed E-state index contributed by atoms with van der Waals surface area (Å²) in [5.41, 5.74) is 0. The molecule has 0 aliphatic carbocycles. The van der Waals surface area contributed by atoms with Crippen LogP contribution in [-0.2, 0) is 41.3 Å². The summed E-state index contributed by atoms with van der Waals surface area (Å²) < 4.78 is 0. The van der Waals surface area contributed by atoms with Crippen LogP contribution in [0.2, 0.25) is 0 Å². The van der Waals surface area contributed by atoms with E-state index in [1.54, 1.807) is 0 Å². The van der Waals surface area contributed by atoms with E-state index in [0.29, 0.717) is 0 Å². The van der Waals surface area contributed by atoms with Gasteiger partial charge in [0, 0.05) is 5.08 Å². The van der Waals surface area contributed by atoms with E-state index in [1.165, 1.54) is 17.9 Å². The average Bonchev–Trinajstić information content (AvgIpc) is 1.64. The molecule has 0 N–H and O–H groups in total. The molecule has 2 unspecified atom stereocenters. The Morgan fingerprint density at radius 2 is 1.50 bits per heavy atom. The van der Waals surface area contributed by atoms with Gasteiger partial charge in [0.25, 0.3) is 0 Å². The Labute approximate surface area is 64.2 Å². The number of hydrogen-bond acceptors (Lipinski definition) is 2. The first kappa shape index (κ1) is 7.25. The maximum atomic E-state index is 5.13. The first-order valence-electron chi connectivity index (χ1n) is 2.49. The molecule has 0 saturated carbocycles. The van der Waals surface area contributed by atoms with E-state index in [0.717, 1.165) is 5.08 Å². The molecule has 2 atom stereocenters. The van der Waals surface area contributed by atoms with Gasteiger partial charge in [0.05, 0.1) is 0 Å². The molecule has 0 spiro atoms. The lowest BCUT2D eigenvalue weighted by Crippen LogP contribution is -2.16. The largest absolute Gasteiger partial charge is 0.111 e. The van der Waals surface area contributed by atoms with Crippen LogP contribution in [0.3, 0.4) is 0 Å². The average molecular weight is 184 g/mol. The van der Waals surface area contributed by atoms with Crippen molar-refractivity contribution in [2.24, 2.45) is 0 Å². The predicted octanol–water partition coefficient (Wildman–Crippen LogP) is 0.508. The number of rotatable bonds is 0. The molecule has 8 heavy (non-hydrogen) atoms. The standard InChI is InChI=1S/C4H8S4/c5-7-2-1-3-8(6)4-7/h1-4H2. The van der Waals surface area contributed by atoms with Crippen molar-refractivity contribution in [1.29, 1.82) is 0 Å². The Bertz CT molecular complexity index is 114. The highest BCUT2D eigenvalue weighted by molar-refractivity contribution is 8.40. The molecule has 0 aromatic rings. The highest BCUT2D eigenvalue weighted by atomic mass is 32.9. The maximum absolute atomic E-state index is 5.13. The summed E-state index contributed by atoms with van der Waals surface area (Å²) >= 11 is 10.3. The van der Waals surface area contributed by atoms with Crippen molar-refractivity contribution in [3.63, 3.8) is 0 Å². The van der Waals surface area contributed by atoms with Gasteiger partial charge < -0.3 is 0 Å². The van der Waals surface area contributed by atoms with Gasteiger partial charge in [-0.1, -0.05) is 22.4 Å². The molecule has 0 bridgehead atoms. The molecule has 1 aliphatic rings. The topological polar surface area (TPSA) is 0 Å². The lowest BCUT2D eigenvalue weighted by Gasteiger charge is -2.13. The summed E-state index contributed by atoms with van der Waals surface area (Å²) in [6, 6.07) is 0. The quantitative estimate of drug-likeness (QED) is 0.538. The van der Waals surface area contributed by atoms with Gasteiger partial charge in [-0.15, -0.1) is 18.9 Å². The van der Waals surface area contributed by atoms with E-state index in [-0.39, 0.29) is 18.9 Å². The fraction of sp³-hybridized carbons (Fsp3) is 1.00. The maximum Gasteiger partial charge on any atom is 0.0484 e. The van der Waals surface area contributed by atoms with Gasteiger partial charge in [-0.2, -0.15) is 0 Å². The van der Waals surface area contributed by atoms with E-state index in [4.69, 9.17) is 22.4 Å². The van der Waals surface area contributed by atoms with E-state index in [2.05, 4.69) is 0 Å². The molecule has 48 valence electrons. The molecule has 1 aliphatic heterocycles. The second-order valence-corrected chi connectivity index (χ2v) is 8.11. The van der Waals surface area contributed by atoms with Crippen LogP contribution in [0.15, 0.2) is 0 Å². The van der Waals surface area contributed by atoms with Crippen LogP contribution in [0.5, 0.6) is 0 Å². The van der Waals surface area contributed by atoms with Crippen molar-refractivity contribution in [2.75, 3.05) is 16.6 Å². The second-order valence-electron chi connectivity index (χ2n) is 1.76. The molecular weight excluding hydrogens is 176 g/mol. The molecule has 0 radical (unpaired) electrons. The summed E-state index contributed by atoms with van der Waals surface area (Å²) in [5, 5.41) is 1.16. The molecule has 0 aromatic heterocycles. The molecule has 4 heteroatoms. The zero-order valence-corrected chi connectivity index (χ0v) is 7.73. The predicted molar refractivity (Wildman–Crippen MR) is 48.7 cm³/mol. The Kier molecular flexibility index (Phi) is 3.03. The van der Waals surface area contributed by atoms with Gasteiger partial charge in [-0.3, -0.25) is 0 Å². The summed E-state index contributed by atoms with van der Waals surface area (Å²) in [7, 11) is 0.542. The van der Waals surface area contributed by atoms with Gasteiger partial charge in [-0.05, 0) is 17.9 Å². The van der Waals surface area contributed by atoms with Crippen molar-refractivity contribution in [2.45, 2.75) is 6.42 Å². The molecule has 1 heterocycles. The minimum absolute atomic E-state index is 0.271. The van der Waals surface area contributed by atoms with Crippen molar-refractivity contribution in [3.8, 4) is 0 Å². The Hall–Kier alpha value is 1.14. The molecular formula is C4H8S4. The van der Waals surface area contributed by atoms with Gasteiger partial charge in [0.2, 0.25) is 0 Å². The smallest absolute Gasteiger partial charge is 0.0484 e. The highest BCUT2D eigenvalue weighted by Gasteiger charge is 2.05. The molecule has 0 amide bonds. The minimum atomic E-state index is 0.271. The van der Waals surface area contributed by atoms with E-state index in [9.17, 15) is 0 Å². The first-order chi connectivity index (χ1) is 3.79. The van der Waals surface area contributed by atoms with Crippen molar-refractivity contribution >= 4 is 41.3 Å². The normalized spacial score (nSPS) is 39.5. The molecule has 0 nitrogen and oxygen atoms in total. The minimum Gasteiger partial charge on any atom is -0.111 e. The van der Waals surface area contributed by atoms with Crippen LogP contribution >= 0.6 is 0 Å². The van der Waals surface area contributed by atoms with Crippen molar-refractivity contribution in [1.82, 2.24) is 0 Å². The van der Waals surface area contributed by atoms with Crippen LogP contribution < -0.4 is 0 Å².